The van der Waals surface area contributed by atoms with Gasteiger partial charge in [-0.05, 0) is 6.92 Å². The second-order valence-corrected chi connectivity index (χ2v) is 4.21. The van der Waals surface area contributed by atoms with Gasteiger partial charge in [0, 0.05) is 17.8 Å². The number of aryl methyl sites for hydroxylation is 1. The summed E-state index contributed by atoms with van der Waals surface area (Å²) in [6, 6.07) is 3.72. The van der Waals surface area contributed by atoms with Gasteiger partial charge in [-0.25, -0.2) is 9.67 Å². The third kappa shape index (κ3) is 2.80. The van der Waals surface area contributed by atoms with Gasteiger partial charge in [-0.2, -0.15) is 0 Å². The van der Waals surface area contributed by atoms with E-state index in [9.17, 15) is 0 Å². The maximum atomic E-state index is 5.45. The van der Waals surface area contributed by atoms with Crippen LogP contribution in [0.4, 0.5) is 0 Å². The molecule has 2 rings (SSSR count). The molecule has 2 aromatic heterocycles. The van der Waals surface area contributed by atoms with Crippen LogP contribution in [0.2, 0.25) is 0 Å². The van der Waals surface area contributed by atoms with Gasteiger partial charge in [0.2, 0.25) is 5.82 Å². The molecule has 2 aromatic rings. The Labute approximate surface area is 110 Å². The van der Waals surface area contributed by atoms with Gasteiger partial charge >= 0.3 is 0 Å². The Morgan fingerprint density at radius 1 is 1.50 bits per heavy atom. The van der Waals surface area contributed by atoms with Gasteiger partial charge < -0.3 is 10.5 Å². The lowest BCUT2D eigenvalue weighted by Crippen LogP contribution is -2.12. The maximum absolute atomic E-state index is 5.45. The molecule has 0 spiro atoms. The van der Waals surface area contributed by atoms with Crippen molar-refractivity contribution in [1.82, 2.24) is 19.7 Å². The van der Waals surface area contributed by atoms with Gasteiger partial charge in [-0.3, -0.25) is 4.98 Å². The van der Waals surface area contributed by atoms with Gasteiger partial charge in [0.25, 0.3) is 0 Å². The lowest BCUT2D eigenvalue weighted by Gasteiger charge is -2.05. The van der Waals surface area contributed by atoms with Crippen LogP contribution in [0.5, 0.6) is 5.75 Å². The number of nitrogens with zero attached hydrogens (tertiary/aromatic N) is 4. The third-order valence-electron chi connectivity index (χ3n) is 2.30. The van der Waals surface area contributed by atoms with Crippen LogP contribution in [-0.4, -0.2) is 31.8 Å². The van der Waals surface area contributed by atoms with Gasteiger partial charge in [0.15, 0.2) is 0 Å². The molecule has 0 fully saturated rings. The predicted octanol–water partition coefficient (Wildman–Crippen LogP) is 0.673. The molecule has 0 radical (unpaired) electrons. The van der Waals surface area contributed by atoms with Crippen LogP contribution >= 0.6 is 12.2 Å². The van der Waals surface area contributed by atoms with Crippen molar-refractivity contribution < 1.29 is 4.74 Å². The summed E-state index contributed by atoms with van der Waals surface area (Å²) in [4.78, 5) is 8.59. The first-order valence-corrected chi connectivity index (χ1v) is 5.70. The lowest BCUT2D eigenvalue weighted by molar-refractivity contribution is 0.412. The molecule has 0 unspecified atom stereocenters. The summed E-state index contributed by atoms with van der Waals surface area (Å²) >= 11 is 4.80. The van der Waals surface area contributed by atoms with Crippen LogP contribution in [0.25, 0.3) is 0 Å². The van der Waals surface area contributed by atoms with E-state index in [0.29, 0.717) is 12.4 Å². The monoisotopic (exact) mass is 263 g/mol. The fraction of sp³-hybridized carbons (Fsp3) is 0.273. The number of thiocarbonyl (C=S) groups is 1. The molecule has 0 saturated heterocycles. The minimum absolute atomic E-state index is 0.184. The Morgan fingerprint density at radius 2 is 2.28 bits per heavy atom. The minimum atomic E-state index is 0.184. The highest BCUT2D eigenvalue weighted by Gasteiger charge is 2.06. The van der Waals surface area contributed by atoms with Crippen LogP contribution in [0.1, 0.15) is 17.2 Å². The van der Waals surface area contributed by atoms with Crippen LogP contribution < -0.4 is 10.5 Å². The van der Waals surface area contributed by atoms with Crippen LogP contribution in [-0.2, 0) is 6.54 Å². The fourth-order valence-electron chi connectivity index (χ4n) is 1.55. The molecule has 0 saturated carbocycles. The van der Waals surface area contributed by atoms with Crippen molar-refractivity contribution in [2.75, 3.05) is 7.11 Å². The van der Waals surface area contributed by atoms with Crippen molar-refractivity contribution >= 4 is 17.2 Å². The van der Waals surface area contributed by atoms with Crippen molar-refractivity contribution in [3.63, 3.8) is 0 Å². The maximum Gasteiger partial charge on any atom is 0.208 e. The average molecular weight is 263 g/mol. The first-order valence-electron chi connectivity index (χ1n) is 5.29. The van der Waals surface area contributed by atoms with Crippen LogP contribution in [0.3, 0.4) is 0 Å². The molecule has 18 heavy (non-hydrogen) atoms. The van der Waals surface area contributed by atoms with Gasteiger partial charge in [-0.15, -0.1) is 5.10 Å². The summed E-state index contributed by atoms with van der Waals surface area (Å²) in [5.41, 5.74) is 7.17. The van der Waals surface area contributed by atoms with E-state index in [1.807, 2.05) is 19.1 Å². The largest absolute Gasteiger partial charge is 0.497 e. The second kappa shape index (κ2) is 5.09. The molecular weight excluding hydrogens is 250 g/mol. The van der Waals surface area contributed by atoms with Crippen molar-refractivity contribution in [3.8, 4) is 5.75 Å². The molecule has 0 atom stereocenters. The Kier molecular flexibility index (Phi) is 3.52. The standard InChI is InChI=1S/C11H13N5OS/c1-7-3-9(17-2)4-8(14-7)5-16-6-13-11(15-16)10(12)18/h3-4,6H,5H2,1-2H3,(H2,12,18). The summed E-state index contributed by atoms with van der Waals surface area (Å²) < 4.78 is 6.83. The first kappa shape index (κ1) is 12.4. The van der Waals surface area contributed by atoms with Crippen LogP contribution in [0, 0.1) is 6.92 Å². The molecule has 0 aliphatic carbocycles. The van der Waals surface area contributed by atoms with Crippen LogP contribution in [0.15, 0.2) is 18.5 Å². The summed E-state index contributed by atoms with van der Waals surface area (Å²) in [6.07, 6.45) is 1.57. The molecule has 0 bridgehead atoms. The Balaban J connectivity index is 2.22. The SMILES string of the molecule is COc1cc(C)nc(Cn2cnc(C(N)=S)n2)c1. The number of hydrogen-bond acceptors (Lipinski definition) is 5. The summed E-state index contributed by atoms with van der Waals surface area (Å²) in [5, 5.41) is 4.15. The lowest BCUT2D eigenvalue weighted by atomic mass is 10.3. The molecule has 0 aromatic carbocycles. The predicted molar refractivity (Wildman–Crippen MR) is 70.5 cm³/mol. The zero-order chi connectivity index (χ0) is 13.1. The fourth-order valence-corrected chi connectivity index (χ4v) is 1.64. The Bertz CT molecular complexity index is 581. The number of methoxy groups -OCH3 is 1. The molecule has 2 heterocycles. The molecule has 0 amide bonds. The van der Waals surface area contributed by atoms with Crippen molar-refractivity contribution in [2.45, 2.75) is 13.5 Å². The summed E-state index contributed by atoms with van der Waals surface area (Å²) in [6.45, 7) is 2.40. The van der Waals surface area contributed by atoms with E-state index in [1.54, 1.807) is 18.1 Å². The number of rotatable bonds is 4. The zero-order valence-electron chi connectivity index (χ0n) is 10.1. The van der Waals surface area contributed by atoms with Gasteiger partial charge in [0.1, 0.15) is 17.1 Å². The number of hydrogen-bond donors (Lipinski definition) is 1. The summed E-state index contributed by atoms with van der Waals surface area (Å²) in [5.74, 6) is 1.14. The van der Waals surface area contributed by atoms with Crippen molar-refractivity contribution in [3.05, 3.63) is 35.7 Å². The minimum Gasteiger partial charge on any atom is -0.497 e. The topological polar surface area (TPSA) is 78.8 Å². The Morgan fingerprint density at radius 3 is 2.89 bits per heavy atom. The molecule has 7 heteroatoms. The van der Waals surface area contributed by atoms with Crippen molar-refractivity contribution in [1.29, 1.82) is 0 Å². The number of aromatic nitrogens is 4. The molecule has 94 valence electrons. The first-order chi connectivity index (χ1) is 8.58. The zero-order valence-corrected chi connectivity index (χ0v) is 10.9. The molecular formula is C11H13N5OS. The summed E-state index contributed by atoms with van der Waals surface area (Å²) in [7, 11) is 1.62. The molecule has 2 N–H and O–H groups in total. The van der Waals surface area contributed by atoms with Crippen molar-refractivity contribution in [2.24, 2.45) is 5.73 Å². The number of pyridine rings is 1. The van der Waals surface area contributed by atoms with E-state index in [2.05, 4.69) is 15.1 Å². The van der Waals surface area contributed by atoms with Gasteiger partial charge in [-0.1, -0.05) is 12.2 Å². The van der Waals surface area contributed by atoms with E-state index in [1.165, 1.54) is 0 Å². The van der Waals surface area contributed by atoms with Gasteiger partial charge in [0.05, 0.1) is 19.3 Å². The van der Waals surface area contributed by atoms with E-state index < -0.39 is 0 Å². The molecule has 0 aliphatic heterocycles. The van der Waals surface area contributed by atoms with E-state index in [-0.39, 0.29) is 4.99 Å². The quantitative estimate of drug-likeness (QED) is 0.817. The Hall–Kier alpha value is -2.02. The van der Waals surface area contributed by atoms with E-state index in [0.717, 1.165) is 17.1 Å². The number of nitrogens with two attached hydrogens (primary N) is 1. The second-order valence-electron chi connectivity index (χ2n) is 3.77. The number of ether oxygens (including phenoxy) is 1. The molecule has 0 aliphatic rings. The third-order valence-corrected chi connectivity index (χ3v) is 2.48. The smallest absolute Gasteiger partial charge is 0.208 e. The highest BCUT2D eigenvalue weighted by atomic mass is 32.1. The normalized spacial score (nSPS) is 10.3. The highest BCUT2D eigenvalue weighted by molar-refractivity contribution is 7.80. The van der Waals surface area contributed by atoms with E-state index >= 15 is 0 Å². The van der Waals surface area contributed by atoms with E-state index in [4.69, 9.17) is 22.7 Å². The molecule has 6 nitrogen and oxygen atoms in total. The average Bonchev–Trinajstić information content (AvgIpc) is 2.76. The highest BCUT2D eigenvalue weighted by Crippen LogP contribution is 2.13.